The Bertz CT molecular complexity index is 898. The molecule has 4 bridgehead atoms. The first kappa shape index (κ1) is 28.6. The summed E-state index contributed by atoms with van der Waals surface area (Å²) in [6, 6.07) is 0. The molecular formula is C17H20F7NaO7S. The van der Waals surface area contributed by atoms with Gasteiger partial charge >= 0.3 is 69.0 Å². The number of ether oxygens (including phenoxy) is 2. The van der Waals surface area contributed by atoms with E-state index in [9.17, 15) is 48.7 Å². The Morgan fingerprint density at radius 2 is 1.52 bits per heavy atom. The van der Waals surface area contributed by atoms with Gasteiger partial charge in [-0.25, -0.2) is 4.79 Å². The van der Waals surface area contributed by atoms with E-state index in [-0.39, 0.29) is 74.9 Å². The van der Waals surface area contributed by atoms with E-state index >= 15 is 0 Å². The molecule has 16 heteroatoms. The largest absolute Gasteiger partial charge is 1.00 e. The number of alkyl halides is 7. The second kappa shape index (κ2) is 8.79. The van der Waals surface area contributed by atoms with Crippen LogP contribution in [0.15, 0.2) is 0 Å². The minimum absolute atomic E-state index is 0. The molecule has 0 radical (unpaired) electrons. The van der Waals surface area contributed by atoms with Crippen LogP contribution in [0.25, 0.3) is 0 Å². The molecule has 4 saturated carbocycles. The molecule has 0 aliphatic heterocycles. The molecule has 0 amide bonds. The predicted molar refractivity (Wildman–Crippen MR) is 90.1 cm³/mol. The minimum Gasteiger partial charge on any atom is -1.00 e. The Morgan fingerprint density at radius 3 is 1.97 bits per heavy atom. The van der Waals surface area contributed by atoms with Gasteiger partial charge in [0.2, 0.25) is 0 Å². The molecule has 0 saturated heterocycles. The molecule has 186 valence electrons. The number of hydrogen-bond donors (Lipinski definition) is 1. The molecule has 4 rings (SSSR count). The van der Waals surface area contributed by atoms with Crippen LogP contribution in [0.4, 0.5) is 30.7 Å². The van der Waals surface area contributed by atoms with E-state index in [2.05, 4.69) is 0 Å². The summed E-state index contributed by atoms with van der Waals surface area (Å²) in [5, 5.41) is -5.82. The van der Waals surface area contributed by atoms with Crippen LogP contribution < -0.4 is 29.6 Å². The molecule has 2 unspecified atom stereocenters. The smallest absolute Gasteiger partial charge is 1.00 e. The predicted octanol–water partition coefficient (Wildman–Crippen LogP) is 0.597. The van der Waals surface area contributed by atoms with Crippen molar-refractivity contribution in [2.75, 3.05) is 6.61 Å². The van der Waals surface area contributed by atoms with Crippen molar-refractivity contribution in [3.63, 3.8) is 0 Å². The van der Waals surface area contributed by atoms with Crippen LogP contribution in [0.1, 0.15) is 46.4 Å². The van der Waals surface area contributed by atoms with E-state index in [0.29, 0.717) is 6.42 Å². The van der Waals surface area contributed by atoms with Crippen LogP contribution in [0.5, 0.6) is 0 Å². The minimum atomic E-state index is -6.44. The summed E-state index contributed by atoms with van der Waals surface area (Å²) < 4.78 is 131. The van der Waals surface area contributed by atoms with Crippen LogP contribution in [-0.2, 0) is 29.2 Å². The number of carbonyl (C=O) groups is 2. The quantitative estimate of drug-likeness (QED) is 0.225. The van der Waals surface area contributed by atoms with Gasteiger partial charge in [-0.2, -0.15) is 39.2 Å². The topological polar surface area (TPSA) is 107 Å². The van der Waals surface area contributed by atoms with E-state index in [4.69, 9.17) is 14.0 Å². The number of halogens is 7. The Hall–Kier alpha value is -0.640. The van der Waals surface area contributed by atoms with Gasteiger partial charge in [-0.1, -0.05) is 0 Å². The third-order valence-electron chi connectivity index (χ3n) is 6.38. The summed E-state index contributed by atoms with van der Waals surface area (Å²) >= 11 is 0. The Labute approximate surface area is 207 Å². The van der Waals surface area contributed by atoms with Crippen molar-refractivity contribution >= 4 is 22.1 Å². The van der Waals surface area contributed by atoms with E-state index in [0.717, 1.165) is 0 Å². The second-order valence-electron chi connectivity index (χ2n) is 8.89. The van der Waals surface area contributed by atoms with Crippen LogP contribution in [-0.4, -0.2) is 54.5 Å². The average molecular weight is 524 g/mol. The summed E-state index contributed by atoms with van der Waals surface area (Å²) in [6.07, 6.45) is -6.46. The summed E-state index contributed by atoms with van der Waals surface area (Å²) in [4.78, 5) is 24.1. The van der Waals surface area contributed by atoms with Gasteiger partial charge in [0.1, 0.15) is 5.60 Å². The fourth-order valence-corrected chi connectivity index (χ4v) is 6.03. The van der Waals surface area contributed by atoms with E-state index in [1.54, 1.807) is 0 Å². The molecule has 0 aromatic carbocycles. The summed E-state index contributed by atoms with van der Waals surface area (Å²) in [5.74, 6) is -9.35. The Balaban J connectivity index is 0.00000289. The van der Waals surface area contributed by atoms with Crippen LogP contribution >= 0.6 is 0 Å². The van der Waals surface area contributed by atoms with Gasteiger partial charge in [-0.3, -0.25) is 9.35 Å². The molecule has 0 aromatic heterocycles. The molecule has 4 aliphatic rings. The monoisotopic (exact) mass is 524 g/mol. The van der Waals surface area contributed by atoms with Crippen molar-refractivity contribution in [2.24, 2.45) is 17.3 Å². The van der Waals surface area contributed by atoms with Crippen LogP contribution in [0.3, 0.4) is 0 Å². The van der Waals surface area contributed by atoms with Gasteiger partial charge in [0, 0.05) is 6.42 Å². The maximum Gasteiger partial charge on any atom is 1.00 e. The Kier molecular flexibility index (Phi) is 7.61. The first-order valence-corrected chi connectivity index (χ1v) is 11.0. The van der Waals surface area contributed by atoms with Crippen molar-refractivity contribution in [2.45, 2.75) is 67.9 Å². The standard InChI is InChI=1S/C17H19F7O7S.Na.H/c18-15(19,17(23,24)32(27,28)29)1-2-30-11(25)13-4-9-3-10(5-13)7-14(6-9,8-13)31-12(26)16(20,21)22;;/h9-10H,1-8H2,(H,27,28,29);;/q;+1;-1. The van der Waals surface area contributed by atoms with E-state index in [1.165, 1.54) is 0 Å². The molecular weight excluding hydrogens is 504 g/mol. The zero-order chi connectivity index (χ0) is 24.4. The molecule has 4 aliphatic carbocycles. The number of rotatable bonds is 7. The first-order chi connectivity index (χ1) is 14.3. The van der Waals surface area contributed by atoms with E-state index in [1.807, 2.05) is 0 Å². The van der Waals surface area contributed by atoms with Crippen molar-refractivity contribution in [3.8, 4) is 0 Å². The molecule has 1 N–H and O–H groups in total. The van der Waals surface area contributed by atoms with Gasteiger partial charge in [0.25, 0.3) is 0 Å². The van der Waals surface area contributed by atoms with Crippen molar-refractivity contribution in [3.05, 3.63) is 0 Å². The number of hydrogen-bond acceptors (Lipinski definition) is 6. The fraction of sp³-hybridized carbons (Fsp3) is 0.882. The number of carbonyl (C=O) groups excluding carboxylic acids is 2. The molecule has 7 nitrogen and oxygen atoms in total. The summed E-state index contributed by atoms with van der Waals surface area (Å²) in [7, 11) is -6.44. The zero-order valence-electron chi connectivity index (χ0n) is 18.3. The van der Waals surface area contributed by atoms with Crippen molar-refractivity contribution in [1.82, 2.24) is 0 Å². The molecule has 33 heavy (non-hydrogen) atoms. The van der Waals surface area contributed by atoms with Gasteiger partial charge in [0.15, 0.2) is 0 Å². The van der Waals surface area contributed by atoms with Gasteiger partial charge in [-0.05, 0) is 43.9 Å². The summed E-state index contributed by atoms with van der Waals surface area (Å²) in [5.41, 5.74) is -3.01. The van der Waals surface area contributed by atoms with Gasteiger partial charge < -0.3 is 10.9 Å². The molecule has 0 spiro atoms. The molecule has 4 fully saturated rings. The maximum atomic E-state index is 13.6. The average Bonchev–Trinajstić information content (AvgIpc) is 2.57. The summed E-state index contributed by atoms with van der Waals surface area (Å²) in [6.45, 7) is -1.33. The molecule has 0 heterocycles. The van der Waals surface area contributed by atoms with Gasteiger partial charge in [-0.15, -0.1) is 0 Å². The third-order valence-corrected chi connectivity index (χ3v) is 7.33. The number of esters is 2. The van der Waals surface area contributed by atoms with Crippen molar-refractivity contribution < 1.29 is 93.8 Å². The first-order valence-electron chi connectivity index (χ1n) is 9.53. The van der Waals surface area contributed by atoms with Gasteiger partial charge in [0.05, 0.1) is 18.4 Å². The third kappa shape index (κ3) is 5.31. The SMILES string of the molecule is O=C(OC12CC3CC(C1)CC(C(=O)OCCC(F)(F)C(F)(F)S(=O)(=O)O)(C3)C2)C(F)(F)F.[H-].[Na+]. The molecule has 2 atom stereocenters. The second-order valence-corrected chi connectivity index (χ2v) is 10.4. The van der Waals surface area contributed by atoms with Crippen LogP contribution in [0.2, 0.25) is 0 Å². The Morgan fingerprint density at radius 1 is 1.00 bits per heavy atom. The van der Waals surface area contributed by atoms with E-state index < -0.39 is 63.5 Å². The zero-order valence-corrected chi connectivity index (χ0v) is 20.1. The van der Waals surface area contributed by atoms with Crippen LogP contribution in [0, 0.1) is 17.3 Å². The van der Waals surface area contributed by atoms with Crippen molar-refractivity contribution in [1.29, 1.82) is 0 Å². The fourth-order valence-electron chi connectivity index (χ4n) is 5.55. The maximum absolute atomic E-state index is 13.6. The molecule has 0 aromatic rings. The normalized spacial score (nSPS) is 31.6.